The number of likely N-dealkylation sites (tertiary alicyclic amines) is 1. The second-order valence-electron chi connectivity index (χ2n) is 5.68. The number of hydrogen-bond acceptors (Lipinski definition) is 3. The van der Waals surface area contributed by atoms with Gasteiger partial charge in [0.25, 0.3) is 0 Å². The summed E-state index contributed by atoms with van der Waals surface area (Å²) in [4.78, 5) is 2.51. The molecule has 2 fully saturated rings. The zero-order valence-corrected chi connectivity index (χ0v) is 9.78. The molecule has 0 radical (unpaired) electrons. The molecular weight excluding hydrogens is 188 g/mol. The maximum atomic E-state index is 9.20. The highest BCUT2D eigenvalue weighted by molar-refractivity contribution is 4.93. The highest BCUT2D eigenvalue weighted by atomic mass is 16.3. The van der Waals surface area contributed by atoms with Crippen LogP contribution in [0, 0.1) is 5.92 Å². The normalized spacial score (nSPS) is 36.2. The molecule has 0 bridgehead atoms. The van der Waals surface area contributed by atoms with Crippen LogP contribution in [-0.2, 0) is 0 Å². The van der Waals surface area contributed by atoms with E-state index in [9.17, 15) is 5.11 Å². The number of rotatable bonds is 3. The molecule has 1 aliphatic heterocycles. The van der Waals surface area contributed by atoms with E-state index in [1.54, 1.807) is 0 Å². The number of hydrogen-bond donors (Lipinski definition) is 2. The molecule has 1 saturated carbocycles. The largest absolute Gasteiger partial charge is 0.394 e. The topological polar surface area (TPSA) is 49.5 Å². The molecule has 1 saturated heterocycles. The van der Waals surface area contributed by atoms with Crippen LogP contribution in [0.1, 0.15) is 39.0 Å². The third-order valence-corrected chi connectivity index (χ3v) is 4.05. The average molecular weight is 212 g/mol. The van der Waals surface area contributed by atoms with Crippen LogP contribution in [0.25, 0.3) is 0 Å². The number of aliphatic hydroxyl groups is 1. The second-order valence-corrected chi connectivity index (χ2v) is 5.68. The van der Waals surface area contributed by atoms with E-state index in [1.807, 2.05) is 6.92 Å². The Kier molecular flexibility index (Phi) is 3.33. The van der Waals surface area contributed by atoms with Crippen molar-refractivity contribution < 1.29 is 5.11 Å². The van der Waals surface area contributed by atoms with Crippen LogP contribution >= 0.6 is 0 Å². The Morgan fingerprint density at radius 3 is 2.80 bits per heavy atom. The zero-order chi connectivity index (χ0) is 10.9. The lowest BCUT2D eigenvalue weighted by Crippen LogP contribution is -2.52. The molecule has 3 atom stereocenters. The van der Waals surface area contributed by atoms with Gasteiger partial charge in [0.15, 0.2) is 0 Å². The Balaban J connectivity index is 1.93. The van der Waals surface area contributed by atoms with E-state index >= 15 is 0 Å². The van der Waals surface area contributed by atoms with Gasteiger partial charge >= 0.3 is 0 Å². The predicted molar refractivity (Wildman–Crippen MR) is 61.6 cm³/mol. The van der Waals surface area contributed by atoms with Gasteiger partial charge < -0.3 is 10.8 Å². The number of fused-ring (bicyclic) bond motifs is 1. The quantitative estimate of drug-likeness (QED) is 0.732. The molecule has 0 aromatic heterocycles. The zero-order valence-electron chi connectivity index (χ0n) is 9.78. The Morgan fingerprint density at radius 1 is 1.33 bits per heavy atom. The van der Waals surface area contributed by atoms with Crippen molar-refractivity contribution in [2.24, 2.45) is 11.7 Å². The van der Waals surface area contributed by atoms with E-state index < -0.39 is 5.54 Å². The summed E-state index contributed by atoms with van der Waals surface area (Å²) in [7, 11) is 0. The van der Waals surface area contributed by atoms with Gasteiger partial charge in [-0.1, -0.05) is 12.8 Å². The molecular formula is C12H24N2O. The minimum Gasteiger partial charge on any atom is -0.394 e. The van der Waals surface area contributed by atoms with Crippen molar-refractivity contribution in [1.29, 1.82) is 0 Å². The Bertz CT molecular complexity index is 218. The van der Waals surface area contributed by atoms with Crippen LogP contribution in [-0.4, -0.2) is 41.3 Å². The van der Waals surface area contributed by atoms with Crippen molar-refractivity contribution in [2.75, 3.05) is 19.7 Å². The maximum Gasteiger partial charge on any atom is 0.0621 e. The van der Waals surface area contributed by atoms with Gasteiger partial charge in [-0.05, 0) is 38.6 Å². The van der Waals surface area contributed by atoms with Crippen molar-refractivity contribution in [3.05, 3.63) is 0 Å². The summed E-state index contributed by atoms with van der Waals surface area (Å²) in [5, 5.41) is 9.20. The Hall–Kier alpha value is -0.120. The summed E-state index contributed by atoms with van der Waals surface area (Å²) in [6.07, 6.45) is 6.87. The maximum absolute atomic E-state index is 9.20. The smallest absolute Gasteiger partial charge is 0.0621 e. The fourth-order valence-corrected chi connectivity index (χ4v) is 3.21. The number of nitrogens with two attached hydrogens (primary N) is 1. The summed E-state index contributed by atoms with van der Waals surface area (Å²) in [5.41, 5.74) is 5.60. The lowest BCUT2D eigenvalue weighted by molar-refractivity contribution is 0.117. The molecule has 3 nitrogen and oxygen atoms in total. The SMILES string of the molecule is CC(N)(CO)CN1CCC2CCCCC21. The first-order valence-electron chi connectivity index (χ1n) is 6.26. The minimum atomic E-state index is -0.424. The van der Waals surface area contributed by atoms with Crippen molar-refractivity contribution in [3.63, 3.8) is 0 Å². The van der Waals surface area contributed by atoms with E-state index in [2.05, 4.69) is 4.90 Å². The van der Waals surface area contributed by atoms with E-state index in [-0.39, 0.29) is 6.61 Å². The summed E-state index contributed by atoms with van der Waals surface area (Å²) < 4.78 is 0. The highest BCUT2D eigenvalue weighted by Gasteiger charge is 2.37. The van der Waals surface area contributed by atoms with Crippen molar-refractivity contribution in [3.8, 4) is 0 Å². The second kappa shape index (κ2) is 4.40. The fourth-order valence-electron chi connectivity index (χ4n) is 3.21. The minimum absolute atomic E-state index is 0.0842. The molecule has 2 rings (SSSR count). The average Bonchev–Trinajstić information content (AvgIpc) is 2.62. The summed E-state index contributed by atoms with van der Waals surface area (Å²) in [5.74, 6) is 0.910. The van der Waals surface area contributed by atoms with Crippen molar-refractivity contribution in [1.82, 2.24) is 4.90 Å². The van der Waals surface area contributed by atoms with Gasteiger partial charge in [-0.3, -0.25) is 4.90 Å². The Morgan fingerprint density at radius 2 is 2.07 bits per heavy atom. The molecule has 15 heavy (non-hydrogen) atoms. The van der Waals surface area contributed by atoms with Gasteiger partial charge in [0.2, 0.25) is 0 Å². The van der Waals surface area contributed by atoms with Crippen molar-refractivity contribution in [2.45, 2.75) is 50.6 Å². The lowest BCUT2D eigenvalue weighted by atomic mass is 9.85. The summed E-state index contributed by atoms with van der Waals surface area (Å²) >= 11 is 0. The third kappa shape index (κ3) is 2.52. The number of nitrogens with zero attached hydrogens (tertiary/aromatic N) is 1. The van der Waals surface area contributed by atoms with E-state index in [0.29, 0.717) is 0 Å². The van der Waals surface area contributed by atoms with E-state index in [4.69, 9.17) is 5.73 Å². The monoisotopic (exact) mass is 212 g/mol. The molecule has 3 N–H and O–H groups in total. The first kappa shape index (κ1) is 11.4. The molecule has 88 valence electrons. The standard InChI is InChI=1S/C12H24N2O/c1-12(13,9-15)8-14-7-6-10-4-2-3-5-11(10)14/h10-11,15H,2-9,13H2,1H3. The van der Waals surface area contributed by atoms with Crippen LogP contribution < -0.4 is 5.73 Å². The molecule has 0 aromatic carbocycles. The van der Waals surface area contributed by atoms with Gasteiger partial charge in [0.05, 0.1) is 6.61 Å². The summed E-state index contributed by atoms with van der Waals surface area (Å²) in [6, 6.07) is 0.758. The Labute approximate surface area is 92.6 Å². The number of aliphatic hydroxyl groups excluding tert-OH is 1. The van der Waals surface area contributed by atoms with Gasteiger partial charge in [-0.2, -0.15) is 0 Å². The van der Waals surface area contributed by atoms with Gasteiger partial charge in [-0.15, -0.1) is 0 Å². The van der Waals surface area contributed by atoms with Crippen LogP contribution in [0.4, 0.5) is 0 Å². The van der Waals surface area contributed by atoms with Crippen LogP contribution in [0.15, 0.2) is 0 Å². The summed E-state index contributed by atoms with van der Waals surface area (Å²) in [6.45, 7) is 4.07. The van der Waals surface area contributed by atoms with Gasteiger partial charge in [0.1, 0.15) is 0 Å². The molecule has 0 spiro atoms. The van der Waals surface area contributed by atoms with Gasteiger partial charge in [0, 0.05) is 18.1 Å². The van der Waals surface area contributed by atoms with Crippen LogP contribution in [0.2, 0.25) is 0 Å². The first-order chi connectivity index (χ1) is 7.12. The van der Waals surface area contributed by atoms with Crippen LogP contribution in [0.5, 0.6) is 0 Å². The van der Waals surface area contributed by atoms with Crippen LogP contribution in [0.3, 0.4) is 0 Å². The molecule has 2 aliphatic rings. The van der Waals surface area contributed by atoms with E-state index in [1.165, 1.54) is 38.6 Å². The predicted octanol–water partition coefficient (Wildman–Crippen LogP) is 0.961. The van der Waals surface area contributed by atoms with E-state index in [0.717, 1.165) is 18.5 Å². The molecule has 0 amide bonds. The fraction of sp³-hybridized carbons (Fsp3) is 1.00. The third-order valence-electron chi connectivity index (χ3n) is 4.05. The molecule has 0 aromatic rings. The first-order valence-corrected chi connectivity index (χ1v) is 6.26. The highest BCUT2D eigenvalue weighted by Crippen LogP contribution is 2.36. The molecule has 3 heteroatoms. The lowest BCUT2D eigenvalue weighted by Gasteiger charge is -2.36. The molecule has 1 aliphatic carbocycles. The molecule has 1 heterocycles. The molecule has 3 unspecified atom stereocenters. The van der Waals surface area contributed by atoms with Gasteiger partial charge in [-0.25, -0.2) is 0 Å². The van der Waals surface area contributed by atoms with Crippen molar-refractivity contribution >= 4 is 0 Å².